The molecule has 0 radical (unpaired) electrons. The van der Waals surface area contributed by atoms with Gasteiger partial charge in [-0.2, -0.15) is 0 Å². The van der Waals surface area contributed by atoms with Crippen molar-refractivity contribution >= 4 is 23.5 Å². The van der Waals surface area contributed by atoms with Crippen molar-refractivity contribution in [3.63, 3.8) is 0 Å². The summed E-state index contributed by atoms with van der Waals surface area (Å²) in [6, 6.07) is 0. The number of anilines is 1. The molecule has 0 aliphatic carbocycles. The fourth-order valence-corrected chi connectivity index (χ4v) is 2.12. The van der Waals surface area contributed by atoms with E-state index in [4.69, 9.17) is 5.73 Å². The van der Waals surface area contributed by atoms with E-state index in [0.717, 1.165) is 17.0 Å². The number of aromatic amines is 1. The largest absolute Gasteiger partial charge is 0.382 e. The topological polar surface area (TPSA) is 80.5 Å². The zero-order valence-electron chi connectivity index (χ0n) is 14.0. The van der Waals surface area contributed by atoms with Crippen LogP contribution in [0.15, 0.2) is 49.7 Å². The lowest BCUT2D eigenvalue weighted by Crippen LogP contribution is -2.01. The van der Waals surface area contributed by atoms with Crippen molar-refractivity contribution in [2.45, 2.75) is 13.8 Å². The van der Waals surface area contributed by atoms with Gasteiger partial charge in [0.1, 0.15) is 5.69 Å². The summed E-state index contributed by atoms with van der Waals surface area (Å²) in [7, 11) is 0. The first-order valence-corrected chi connectivity index (χ1v) is 7.58. The molecule has 24 heavy (non-hydrogen) atoms. The summed E-state index contributed by atoms with van der Waals surface area (Å²) in [5, 5.41) is 0. The standard InChI is InChI=1S/C19H21N5/c1-5-9-11-13(7-3)16-12-21-18(20)17(22-16)19-23-14(8-4)15(24-19)10-6-2/h5-12H,3-4H2,1-2H3,(H2,20,21)(H,23,24)/b9-5-,10-6-,13-11+. The van der Waals surface area contributed by atoms with Crippen LogP contribution in [0.5, 0.6) is 0 Å². The van der Waals surface area contributed by atoms with Crippen LogP contribution in [0.1, 0.15) is 30.9 Å². The second kappa shape index (κ2) is 7.87. The lowest BCUT2D eigenvalue weighted by Gasteiger charge is -2.05. The molecule has 3 N–H and O–H groups in total. The number of H-pyrrole nitrogens is 1. The van der Waals surface area contributed by atoms with Crippen LogP contribution < -0.4 is 5.73 Å². The van der Waals surface area contributed by atoms with Gasteiger partial charge in [0.25, 0.3) is 0 Å². The summed E-state index contributed by atoms with van der Waals surface area (Å²) < 4.78 is 0. The maximum atomic E-state index is 6.00. The van der Waals surface area contributed by atoms with Crippen molar-refractivity contribution in [2.75, 3.05) is 5.73 Å². The highest BCUT2D eigenvalue weighted by atomic mass is 15.0. The van der Waals surface area contributed by atoms with Crippen LogP contribution in [0.3, 0.4) is 0 Å². The molecule has 2 aromatic rings. The summed E-state index contributed by atoms with van der Waals surface area (Å²) in [6.45, 7) is 11.5. The molecular weight excluding hydrogens is 298 g/mol. The molecular formula is C19H21N5. The Hall–Kier alpha value is -3.21. The molecule has 0 saturated carbocycles. The number of nitrogens with two attached hydrogens (primary N) is 1. The molecule has 0 atom stereocenters. The minimum atomic E-state index is 0.310. The van der Waals surface area contributed by atoms with Crippen molar-refractivity contribution in [1.82, 2.24) is 19.9 Å². The highest BCUT2D eigenvalue weighted by Crippen LogP contribution is 2.24. The van der Waals surface area contributed by atoms with Gasteiger partial charge in [-0.25, -0.2) is 15.0 Å². The van der Waals surface area contributed by atoms with E-state index in [0.29, 0.717) is 23.0 Å². The third-order valence-corrected chi connectivity index (χ3v) is 3.30. The molecule has 0 unspecified atom stereocenters. The number of nitrogens with zero attached hydrogens (tertiary/aromatic N) is 3. The quantitative estimate of drug-likeness (QED) is 0.779. The highest BCUT2D eigenvalue weighted by Gasteiger charge is 2.14. The van der Waals surface area contributed by atoms with Crippen LogP contribution in [0.4, 0.5) is 5.82 Å². The number of hydrogen-bond acceptors (Lipinski definition) is 4. The van der Waals surface area contributed by atoms with Gasteiger partial charge in [-0.15, -0.1) is 0 Å². The molecule has 122 valence electrons. The Morgan fingerprint density at radius 2 is 2.00 bits per heavy atom. The maximum absolute atomic E-state index is 6.00. The zero-order valence-corrected chi connectivity index (χ0v) is 14.0. The van der Waals surface area contributed by atoms with Crippen molar-refractivity contribution < 1.29 is 0 Å². The Kier molecular flexibility index (Phi) is 5.63. The number of nitrogen functional groups attached to an aromatic ring is 1. The van der Waals surface area contributed by atoms with Gasteiger partial charge in [0.15, 0.2) is 11.6 Å². The lowest BCUT2D eigenvalue weighted by atomic mass is 10.1. The first kappa shape index (κ1) is 17.1. The number of aromatic nitrogens is 4. The Labute approximate surface area is 142 Å². The number of rotatable bonds is 6. The highest BCUT2D eigenvalue weighted by molar-refractivity contribution is 5.76. The minimum absolute atomic E-state index is 0.310. The molecule has 0 aromatic carbocycles. The van der Waals surface area contributed by atoms with Crippen molar-refractivity contribution in [2.24, 2.45) is 0 Å². The molecule has 2 heterocycles. The first-order valence-electron chi connectivity index (χ1n) is 7.58. The Balaban J connectivity index is 2.57. The molecule has 0 bridgehead atoms. The van der Waals surface area contributed by atoms with Crippen LogP contribution in [0, 0.1) is 0 Å². The molecule has 2 rings (SSSR count). The monoisotopic (exact) mass is 319 g/mol. The SMILES string of the molecule is C=C/C(=C\C=C/C)c1cnc(N)c(-c2nc(/C=C\C)c(C=C)[nH]2)n1. The average Bonchev–Trinajstić information content (AvgIpc) is 3.00. The molecule has 0 amide bonds. The van der Waals surface area contributed by atoms with Gasteiger partial charge in [0.2, 0.25) is 0 Å². The Bertz CT molecular complexity index is 837. The van der Waals surface area contributed by atoms with E-state index in [1.165, 1.54) is 0 Å². The molecule has 2 aromatic heterocycles. The Morgan fingerprint density at radius 3 is 2.62 bits per heavy atom. The molecule has 5 heteroatoms. The third-order valence-electron chi connectivity index (χ3n) is 3.30. The molecule has 5 nitrogen and oxygen atoms in total. The van der Waals surface area contributed by atoms with Crippen molar-refractivity contribution in [3.8, 4) is 11.5 Å². The fraction of sp³-hybridized carbons (Fsp3) is 0.105. The van der Waals surface area contributed by atoms with E-state index in [-0.39, 0.29) is 0 Å². The van der Waals surface area contributed by atoms with Gasteiger partial charge in [-0.05, 0) is 26.0 Å². The number of nitrogens with one attached hydrogen (secondary N) is 1. The summed E-state index contributed by atoms with van der Waals surface area (Å²) in [5.41, 5.74) is 9.62. The van der Waals surface area contributed by atoms with Crippen molar-refractivity contribution in [3.05, 3.63) is 66.8 Å². The van der Waals surface area contributed by atoms with Gasteiger partial charge in [-0.1, -0.05) is 43.5 Å². The van der Waals surface area contributed by atoms with Crippen LogP contribution in [-0.2, 0) is 0 Å². The van der Waals surface area contributed by atoms with E-state index >= 15 is 0 Å². The summed E-state index contributed by atoms with van der Waals surface area (Å²) >= 11 is 0. The number of hydrogen-bond donors (Lipinski definition) is 2. The molecule has 0 saturated heterocycles. The van der Waals surface area contributed by atoms with E-state index in [1.54, 1.807) is 18.3 Å². The predicted octanol–water partition coefficient (Wildman–Crippen LogP) is 4.27. The van der Waals surface area contributed by atoms with E-state index in [2.05, 4.69) is 33.1 Å². The maximum Gasteiger partial charge on any atom is 0.161 e. The van der Waals surface area contributed by atoms with Crippen LogP contribution in [0.2, 0.25) is 0 Å². The van der Waals surface area contributed by atoms with Gasteiger partial charge < -0.3 is 10.7 Å². The molecule has 0 aliphatic heterocycles. The summed E-state index contributed by atoms with van der Waals surface area (Å²) in [4.78, 5) is 16.6. The van der Waals surface area contributed by atoms with Crippen LogP contribution in [0.25, 0.3) is 29.2 Å². The fourth-order valence-electron chi connectivity index (χ4n) is 2.12. The second-order valence-electron chi connectivity index (χ2n) is 4.93. The van der Waals surface area contributed by atoms with E-state index in [9.17, 15) is 0 Å². The lowest BCUT2D eigenvalue weighted by molar-refractivity contribution is 1.14. The minimum Gasteiger partial charge on any atom is -0.382 e. The smallest absolute Gasteiger partial charge is 0.161 e. The molecule has 0 spiro atoms. The number of allylic oxidation sites excluding steroid dienone is 6. The van der Waals surface area contributed by atoms with Crippen molar-refractivity contribution in [1.29, 1.82) is 0 Å². The van der Waals surface area contributed by atoms with Gasteiger partial charge in [-0.3, -0.25) is 0 Å². The third kappa shape index (κ3) is 3.57. The summed E-state index contributed by atoms with van der Waals surface area (Å²) in [5.74, 6) is 0.865. The van der Waals surface area contributed by atoms with Gasteiger partial charge >= 0.3 is 0 Å². The molecule has 0 aliphatic rings. The second-order valence-corrected chi connectivity index (χ2v) is 4.93. The Morgan fingerprint density at radius 1 is 1.21 bits per heavy atom. The predicted molar refractivity (Wildman–Crippen MR) is 102 cm³/mol. The van der Waals surface area contributed by atoms with Gasteiger partial charge in [0, 0.05) is 5.57 Å². The molecule has 0 fully saturated rings. The zero-order chi connectivity index (χ0) is 17.5. The number of imidazole rings is 1. The normalized spacial score (nSPS) is 12.2. The summed E-state index contributed by atoms with van der Waals surface area (Å²) in [6.07, 6.45) is 14.6. The first-order chi connectivity index (χ1) is 11.6. The van der Waals surface area contributed by atoms with Crippen LogP contribution in [-0.4, -0.2) is 19.9 Å². The van der Waals surface area contributed by atoms with Gasteiger partial charge in [0.05, 0.1) is 23.3 Å². The average molecular weight is 319 g/mol. The van der Waals surface area contributed by atoms with E-state index < -0.39 is 0 Å². The van der Waals surface area contributed by atoms with Crippen LogP contribution >= 0.6 is 0 Å². The van der Waals surface area contributed by atoms with E-state index in [1.807, 2.05) is 44.2 Å².